The number of aromatic nitrogens is 2. The maximum Gasteiger partial charge on any atom is 0.281 e. The molecule has 0 unspecified atom stereocenters. The SMILES string of the molecule is CCn1c(O)c(CS(=O)(=O)O)c(C)c(N=Nc2ccc(S(=O)(=O)c3ccc(NN=Nc4ccc(S(=O)(=O)c5ccc(N=NNc6ccc(S(=O)(=O)c7ccc(N=Nc8c(C)c(CS(=O)(=O)O)c(O)n(CC)c8=O)cc7)cc6)cc5)cc4)cc3)cc2)c1=O. The second-order valence-electron chi connectivity index (χ2n) is 18.7. The van der Waals surface area contributed by atoms with Crippen molar-refractivity contribution in [1.29, 1.82) is 0 Å². The zero-order valence-corrected chi connectivity index (χ0v) is 50.0. The van der Waals surface area contributed by atoms with Gasteiger partial charge in [-0.3, -0.25) is 38.7 Å². The van der Waals surface area contributed by atoms with E-state index in [1.165, 1.54) is 173 Å². The van der Waals surface area contributed by atoms with Gasteiger partial charge in [0.15, 0.2) is 23.1 Å². The molecule has 8 rings (SSSR count). The fourth-order valence-electron chi connectivity index (χ4n) is 8.34. The van der Waals surface area contributed by atoms with Gasteiger partial charge in [0.05, 0.1) is 63.5 Å². The third kappa shape index (κ3) is 14.6. The third-order valence-corrected chi connectivity index (χ3v) is 19.6. The zero-order chi connectivity index (χ0) is 63.2. The average Bonchev–Trinajstić information content (AvgIpc) is 3.66. The molecule has 0 bridgehead atoms. The fourth-order valence-corrected chi connectivity index (χ4v) is 13.5. The van der Waals surface area contributed by atoms with Gasteiger partial charge in [0.25, 0.3) is 31.4 Å². The van der Waals surface area contributed by atoms with Gasteiger partial charge in [-0.2, -0.15) is 27.1 Å². The minimum atomic E-state index is -4.59. The summed E-state index contributed by atoms with van der Waals surface area (Å²) in [5.41, 5.74) is 4.31. The summed E-state index contributed by atoms with van der Waals surface area (Å²) in [5.74, 6) is -3.22. The Labute approximate surface area is 496 Å². The van der Waals surface area contributed by atoms with Gasteiger partial charge >= 0.3 is 0 Å². The lowest BCUT2D eigenvalue weighted by Crippen LogP contribution is -2.22. The maximum atomic E-state index is 13.5. The van der Waals surface area contributed by atoms with E-state index in [0.717, 1.165) is 9.13 Å². The highest BCUT2D eigenvalue weighted by atomic mass is 32.2. The second kappa shape index (κ2) is 25.6. The van der Waals surface area contributed by atoms with Gasteiger partial charge < -0.3 is 10.2 Å². The molecule has 87 heavy (non-hydrogen) atoms. The van der Waals surface area contributed by atoms with E-state index >= 15 is 0 Å². The Bertz CT molecular complexity index is 4500. The van der Waals surface area contributed by atoms with Crippen molar-refractivity contribution < 1.29 is 61.4 Å². The Morgan fingerprint density at radius 3 is 0.862 bits per heavy atom. The van der Waals surface area contributed by atoms with Crippen molar-refractivity contribution in [1.82, 2.24) is 9.13 Å². The normalized spacial score (nSPS) is 12.7. The number of sulfone groups is 3. The topological polar surface area (TPSA) is 419 Å². The molecular weight excluding hydrogens is 1230 g/mol. The third-order valence-electron chi connectivity index (χ3n) is 13.0. The van der Waals surface area contributed by atoms with Crippen LogP contribution in [0.4, 0.5) is 45.5 Å². The van der Waals surface area contributed by atoms with E-state index in [0.29, 0.717) is 11.4 Å². The quantitative estimate of drug-likeness (QED) is 0.0208. The van der Waals surface area contributed by atoms with Gasteiger partial charge in [0.1, 0.15) is 11.5 Å². The predicted octanol–water partition coefficient (Wildman–Crippen LogP) is 10.4. The number of hydrogen-bond acceptors (Lipinski definition) is 22. The Morgan fingerprint density at radius 1 is 0.379 bits per heavy atom. The van der Waals surface area contributed by atoms with Crippen LogP contribution in [-0.2, 0) is 74.3 Å². The average molecular weight is 1280 g/mol. The van der Waals surface area contributed by atoms with Crippen molar-refractivity contribution in [3.05, 3.63) is 189 Å². The number of rotatable bonds is 22. The minimum Gasteiger partial charge on any atom is -0.494 e. The molecular formula is C54H50N12O16S5. The number of aromatic hydroxyl groups is 2. The lowest BCUT2D eigenvalue weighted by Gasteiger charge is -2.14. The van der Waals surface area contributed by atoms with Gasteiger partial charge in [-0.25, -0.2) is 25.3 Å². The summed E-state index contributed by atoms with van der Waals surface area (Å²) in [5, 5.41) is 52.8. The van der Waals surface area contributed by atoms with E-state index in [2.05, 4.69) is 52.0 Å². The molecule has 8 aromatic rings. The first kappa shape index (κ1) is 63.5. The van der Waals surface area contributed by atoms with Crippen LogP contribution in [0.25, 0.3) is 0 Å². The fraction of sp³-hybridized carbons (Fsp3) is 0.148. The van der Waals surface area contributed by atoms with Crippen LogP contribution in [0.15, 0.2) is 226 Å². The molecule has 0 aliphatic heterocycles. The van der Waals surface area contributed by atoms with Crippen LogP contribution < -0.4 is 22.0 Å². The van der Waals surface area contributed by atoms with E-state index in [9.17, 15) is 71.0 Å². The molecule has 0 atom stereocenters. The second-order valence-corrected chi connectivity index (χ2v) is 27.4. The van der Waals surface area contributed by atoms with E-state index < -0.39 is 84.1 Å². The lowest BCUT2D eigenvalue weighted by atomic mass is 10.1. The van der Waals surface area contributed by atoms with Crippen molar-refractivity contribution in [3.63, 3.8) is 0 Å². The van der Waals surface area contributed by atoms with Crippen LogP contribution in [0.3, 0.4) is 0 Å². The molecule has 6 N–H and O–H groups in total. The van der Waals surface area contributed by atoms with Crippen molar-refractivity contribution >= 4 is 95.2 Å². The van der Waals surface area contributed by atoms with E-state index in [1.807, 2.05) is 0 Å². The van der Waals surface area contributed by atoms with Crippen LogP contribution in [0.1, 0.15) is 36.1 Å². The highest BCUT2D eigenvalue weighted by molar-refractivity contribution is 7.92. The van der Waals surface area contributed by atoms with Crippen LogP contribution in [0, 0.1) is 13.8 Å². The summed E-state index contributed by atoms with van der Waals surface area (Å²) < 4.78 is 148. The van der Waals surface area contributed by atoms with Crippen molar-refractivity contribution in [2.24, 2.45) is 41.1 Å². The summed E-state index contributed by atoms with van der Waals surface area (Å²) >= 11 is 0. The predicted molar refractivity (Wildman–Crippen MR) is 316 cm³/mol. The first-order chi connectivity index (χ1) is 41.0. The number of hydrogen-bond donors (Lipinski definition) is 6. The number of azo groups is 2. The van der Waals surface area contributed by atoms with Gasteiger partial charge in [-0.1, -0.05) is 10.4 Å². The molecule has 6 aromatic carbocycles. The first-order valence-electron chi connectivity index (χ1n) is 25.4. The molecule has 0 spiro atoms. The zero-order valence-electron chi connectivity index (χ0n) is 45.9. The molecule has 0 aliphatic rings. The van der Waals surface area contributed by atoms with Gasteiger partial charge in [-0.15, -0.1) is 20.5 Å². The van der Waals surface area contributed by atoms with E-state index in [1.54, 1.807) is 0 Å². The summed E-state index contributed by atoms with van der Waals surface area (Å²) in [6, 6.07) is 32.7. The number of pyridine rings is 2. The van der Waals surface area contributed by atoms with Crippen LogP contribution >= 0.6 is 0 Å². The molecule has 2 aromatic heterocycles. The Balaban J connectivity index is 0.824. The lowest BCUT2D eigenvalue weighted by molar-refractivity contribution is 0.403. The monoisotopic (exact) mass is 1280 g/mol. The van der Waals surface area contributed by atoms with Gasteiger partial charge in [0, 0.05) is 24.2 Å². The molecule has 0 saturated carbocycles. The molecule has 0 aliphatic carbocycles. The molecule has 2 heterocycles. The Kier molecular flexibility index (Phi) is 18.7. The van der Waals surface area contributed by atoms with Crippen LogP contribution in [0.5, 0.6) is 11.8 Å². The molecule has 28 nitrogen and oxygen atoms in total. The molecule has 0 fully saturated rings. The van der Waals surface area contributed by atoms with Crippen molar-refractivity contribution in [2.45, 2.75) is 81.7 Å². The summed E-state index contributed by atoms with van der Waals surface area (Å²) in [6.45, 7) is 5.66. The summed E-state index contributed by atoms with van der Waals surface area (Å²) in [4.78, 5) is 25.6. The maximum absolute atomic E-state index is 13.5. The molecule has 0 radical (unpaired) electrons. The molecule has 0 amide bonds. The summed E-state index contributed by atoms with van der Waals surface area (Å²) in [7, 11) is -21.3. The molecule has 452 valence electrons. The van der Waals surface area contributed by atoms with E-state index in [-0.39, 0.29) is 98.8 Å². The van der Waals surface area contributed by atoms with Gasteiger partial charge in [-0.05, 0) is 184 Å². The van der Waals surface area contributed by atoms with Gasteiger partial charge in [0.2, 0.25) is 29.5 Å². The highest BCUT2D eigenvalue weighted by Crippen LogP contribution is 2.33. The molecule has 0 saturated heterocycles. The van der Waals surface area contributed by atoms with E-state index in [4.69, 9.17) is 0 Å². The first-order valence-corrected chi connectivity index (χ1v) is 33.0. The highest BCUT2D eigenvalue weighted by Gasteiger charge is 2.25. The smallest absolute Gasteiger partial charge is 0.281 e. The number of anilines is 2. The Morgan fingerprint density at radius 2 is 0.621 bits per heavy atom. The number of benzene rings is 6. The largest absolute Gasteiger partial charge is 0.494 e. The minimum absolute atomic E-state index is 0.0224. The standard InChI is InChI=1S/C54H50N12O16S5/c1-5-65-51(67)47(31-83(71,72)73)33(3)49(53(65)69)61-55-35-7-19-41(20-8-35)85(77,78)43-23-11-37(12-24-43)57-63-59-39-15-27-45(28-16-39)87(81,82)46-29-17-40(18-30-46)60-64-58-38-13-25-44(26-14-38)86(79,80)42-21-9-36(10-22-42)56-62-50-34(4)48(32-84(74,75)76)52(68)66(6-2)54(50)70/h7-30,67-68H,5-6,31-32H2,1-4H3,(H,57,59)(H,58,60)(H,71,72,73)(H,74,75,76). The molecule has 33 heteroatoms. The number of nitrogens with zero attached hydrogens (tertiary/aromatic N) is 10. The summed E-state index contributed by atoms with van der Waals surface area (Å²) in [6.07, 6.45) is 0. The number of nitrogens with one attached hydrogen (secondary N) is 2. The van der Waals surface area contributed by atoms with Crippen LogP contribution in [0.2, 0.25) is 0 Å². The van der Waals surface area contributed by atoms with Crippen LogP contribution in [-0.4, -0.2) is 70.5 Å². The van der Waals surface area contributed by atoms with Crippen molar-refractivity contribution in [2.75, 3.05) is 10.9 Å². The van der Waals surface area contributed by atoms with Crippen molar-refractivity contribution in [3.8, 4) is 11.8 Å². The Hall–Kier alpha value is -9.51.